The van der Waals surface area contributed by atoms with Crippen LogP contribution in [0.1, 0.15) is 6.92 Å². The van der Waals surface area contributed by atoms with Crippen LogP contribution in [0.3, 0.4) is 0 Å². The number of likely N-dealkylation sites (N-methyl/N-ethyl adjacent to an activating group) is 2. The third kappa shape index (κ3) is 5.43. The molecule has 1 amide bonds. The number of carbonyl (C=O) groups is 1. The normalized spacial score (nSPS) is 11.3. The number of thiol groups is 1. The van der Waals surface area contributed by atoms with E-state index in [4.69, 9.17) is 0 Å². The molecule has 0 aliphatic heterocycles. The maximum absolute atomic E-state index is 11.2. The van der Waals surface area contributed by atoms with Gasteiger partial charge in [0.05, 0.1) is 20.6 Å². The number of carbonyl (C=O) groups excluding carboxylic acids is 1. The average molecular weight is 191 g/mol. The van der Waals surface area contributed by atoms with Gasteiger partial charge in [-0.15, -0.1) is 0 Å². The van der Waals surface area contributed by atoms with Crippen LogP contribution in [-0.4, -0.2) is 49.9 Å². The van der Waals surface area contributed by atoms with Crippen molar-refractivity contribution in [2.45, 2.75) is 6.92 Å². The Morgan fingerprint density at radius 2 is 2.08 bits per heavy atom. The Balaban J connectivity index is 3.79. The second-order valence-electron chi connectivity index (χ2n) is 3.49. The lowest BCUT2D eigenvalue weighted by Gasteiger charge is -2.28. The van der Waals surface area contributed by atoms with E-state index in [0.717, 1.165) is 12.3 Å². The van der Waals surface area contributed by atoms with Gasteiger partial charge in [-0.2, -0.15) is 12.6 Å². The summed E-state index contributed by atoms with van der Waals surface area (Å²) in [5.41, 5.74) is 0. The summed E-state index contributed by atoms with van der Waals surface area (Å²) in [6.07, 6.45) is 0. The first-order valence-corrected chi connectivity index (χ1v) is 4.84. The number of hydrogen-bond acceptors (Lipinski definition) is 2. The summed E-state index contributed by atoms with van der Waals surface area (Å²) >= 11 is 4.14. The molecule has 0 radical (unpaired) electrons. The van der Waals surface area contributed by atoms with Crippen LogP contribution < -0.4 is 5.32 Å². The summed E-state index contributed by atoms with van der Waals surface area (Å²) in [4.78, 5) is 11.2. The first-order chi connectivity index (χ1) is 5.52. The van der Waals surface area contributed by atoms with Gasteiger partial charge >= 0.3 is 0 Å². The largest absolute Gasteiger partial charge is 0.351 e. The number of hydrogen-bond donors (Lipinski definition) is 2. The second kappa shape index (κ2) is 5.43. The third-order valence-corrected chi connectivity index (χ3v) is 1.85. The van der Waals surface area contributed by atoms with E-state index in [1.807, 2.05) is 21.0 Å². The molecule has 0 aromatic heterocycles. The van der Waals surface area contributed by atoms with Crippen LogP contribution in [0.5, 0.6) is 0 Å². The second-order valence-corrected chi connectivity index (χ2v) is 3.94. The van der Waals surface area contributed by atoms with Gasteiger partial charge in [0.25, 0.3) is 5.91 Å². The third-order valence-electron chi connectivity index (χ3n) is 1.65. The predicted molar refractivity (Wildman–Crippen MR) is 54.4 cm³/mol. The molecule has 0 atom stereocenters. The molecule has 0 aliphatic carbocycles. The van der Waals surface area contributed by atoms with Crippen LogP contribution in [0.4, 0.5) is 0 Å². The number of amides is 1. The molecule has 0 bridgehead atoms. The molecule has 0 saturated heterocycles. The summed E-state index contributed by atoms with van der Waals surface area (Å²) in [5, 5.41) is 2.78. The molecule has 0 heterocycles. The molecule has 0 aromatic rings. The molecule has 0 aromatic carbocycles. The molecule has 0 fully saturated rings. The van der Waals surface area contributed by atoms with Crippen molar-refractivity contribution >= 4 is 18.5 Å². The summed E-state index contributed by atoms with van der Waals surface area (Å²) < 4.78 is 0.704. The van der Waals surface area contributed by atoms with E-state index >= 15 is 0 Å². The smallest absolute Gasteiger partial charge is 0.275 e. The molecule has 72 valence electrons. The van der Waals surface area contributed by atoms with Crippen LogP contribution in [0.15, 0.2) is 0 Å². The Bertz CT molecular complexity index is 148. The predicted octanol–water partition coefficient (Wildman–Crippen LogP) is 0.129. The lowest BCUT2D eigenvalue weighted by Crippen LogP contribution is -2.48. The topological polar surface area (TPSA) is 29.1 Å². The molecular weight excluding hydrogens is 172 g/mol. The van der Waals surface area contributed by atoms with Crippen molar-refractivity contribution in [2.75, 3.05) is 39.5 Å². The highest BCUT2D eigenvalue weighted by atomic mass is 32.1. The summed E-state index contributed by atoms with van der Waals surface area (Å²) in [5.74, 6) is 0.927. The highest BCUT2D eigenvalue weighted by Crippen LogP contribution is 1.96. The van der Waals surface area contributed by atoms with Crippen molar-refractivity contribution < 1.29 is 9.28 Å². The minimum atomic E-state index is 0.115. The number of nitrogens with one attached hydrogen (secondary N) is 1. The SMILES string of the molecule is CCNC(=O)C[N+](C)(C)CCS. The molecule has 3 nitrogen and oxygen atoms in total. The van der Waals surface area contributed by atoms with Crippen molar-refractivity contribution in [3.8, 4) is 0 Å². The van der Waals surface area contributed by atoms with Gasteiger partial charge < -0.3 is 9.80 Å². The fourth-order valence-electron chi connectivity index (χ4n) is 0.992. The Morgan fingerprint density at radius 1 is 1.50 bits per heavy atom. The molecule has 0 aliphatic rings. The van der Waals surface area contributed by atoms with E-state index in [2.05, 4.69) is 17.9 Å². The van der Waals surface area contributed by atoms with Gasteiger partial charge in [0.15, 0.2) is 6.54 Å². The van der Waals surface area contributed by atoms with Crippen molar-refractivity contribution in [1.82, 2.24) is 5.32 Å². The van der Waals surface area contributed by atoms with Crippen LogP contribution in [0.25, 0.3) is 0 Å². The van der Waals surface area contributed by atoms with Crippen molar-refractivity contribution in [3.63, 3.8) is 0 Å². The van der Waals surface area contributed by atoms with Gasteiger partial charge in [0.2, 0.25) is 0 Å². The first-order valence-electron chi connectivity index (χ1n) is 4.21. The van der Waals surface area contributed by atoms with E-state index in [1.54, 1.807) is 0 Å². The Kier molecular flexibility index (Phi) is 5.33. The van der Waals surface area contributed by atoms with E-state index in [1.165, 1.54) is 0 Å². The lowest BCUT2D eigenvalue weighted by atomic mass is 10.4. The summed E-state index contributed by atoms with van der Waals surface area (Å²) in [7, 11) is 4.07. The molecule has 1 N–H and O–H groups in total. The van der Waals surface area contributed by atoms with Crippen LogP contribution in [0, 0.1) is 0 Å². The van der Waals surface area contributed by atoms with Crippen LogP contribution >= 0.6 is 12.6 Å². The summed E-state index contributed by atoms with van der Waals surface area (Å²) in [6.45, 7) is 4.09. The molecule has 4 heteroatoms. The summed E-state index contributed by atoms with van der Waals surface area (Å²) in [6, 6.07) is 0. The van der Waals surface area contributed by atoms with E-state index in [-0.39, 0.29) is 5.91 Å². The fourth-order valence-corrected chi connectivity index (χ4v) is 1.53. The van der Waals surface area contributed by atoms with Gasteiger partial charge in [-0.1, -0.05) is 0 Å². The number of quaternary nitrogens is 1. The first kappa shape index (κ1) is 11.8. The van der Waals surface area contributed by atoms with Gasteiger partial charge in [-0.25, -0.2) is 0 Å². The van der Waals surface area contributed by atoms with E-state index in [9.17, 15) is 4.79 Å². The maximum Gasteiger partial charge on any atom is 0.275 e. The minimum Gasteiger partial charge on any atom is -0.351 e. The minimum absolute atomic E-state index is 0.115. The zero-order chi connectivity index (χ0) is 9.61. The standard InChI is InChI=1S/C8H18N2OS/c1-4-9-8(11)7-10(2,3)5-6-12/h4-7H2,1-3H3,(H-,9,11,12)/p+1. The quantitative estimate of drug-likeness (QED) is 0.469. The van der Waals surface area contributed by atoms with Gasteiger partial charge in [0.1, 0.15) is 0 Å². The zero-order valence-electron chi connectivity index (χ0n) is 8.13. The van der Waals surface area contributed by atoms with Crippen molar-refractivity contribution in [3.05, 3.63) is 0 Å². The molecule has 0 spiro atoms. The van der Waals surface area contributed by atoms with Gasteiger partial charge in [-0.3, -0.25) is 4.79 Å². The molecular formula is C8H19N2OS+. The Morgan fingerprint density at radius 3 is 2.50 bits per heavy atom. The maximum atomic E-state index is 11.2. The fraction of sp³-hybridized carbons (Fsp3) is 0.875. The monoisotopic (exact) mass is 191 g/mol. The molecule has 0 rings (SSSR count). The molecule has 0 saturated carbocycles. The average Bonchev–Trinajstić information content (AvgIpc) is 1.85. The van der Waals surface area contributed by atoms with Crippen molar-refractivity contribution in [2.24, 2.45) is 0 Å². The van der Waals surface area contributed by atoms with Gasteiger partial charge in [0, 0.05) is 12.3 Å². The Hall–Kier alpha value is -0.220. The molecule has 0 unspecified atom stereocenters. The van der Waals surface area contributed by atoms with Gasteiger partial charge in [-0.05, 0) is 6.92 Å². The van der Waals surface area contributed by atoms with Crippen LogP contribution in [-0.2, 0) is 4.79 Å². The molecule has 12 heavy (non-hydrogen) atoms. The number of nitrogens with zero attached hydrogens (tertiary/aromatic N) is 1. The van der Waals surface area contributed by atoms with E-state index in [0.29, 0.717) is 17.6 Å². The highest BCUT2D eigenvalue weighted by molar-refractivity contribution is 7.80. The zero-order valence-corrected chi connectivity index (χ0v) is 9.03. The lowest BCUT2D eigenvalue weighted by molar-refractivity contribution is -0.879. The van der Waals surface area contributed by atoms with Crippen molar-refractivity contribution in [1.29, 1.82) is 0 Å². The van der Waals surface area contributed by atoms with E-state index < -0.39 is 0 Å². The van der Waals surface area contributed by atoms with Crippen LogP contribution in [0.2, 0.25) is 0 Å². The Labute approximate surface area is 80.1 Å². The highest BCUT2D eigenvalue weighted by Gasteiger charge is 2.17. The number of rotatable bonds is 5.